The van der Waals surface area contributed by atoms with Crippen molar-refractivity contribution in [2.45, 2.75) is 135 Å². The summed E-state index contributed by atoms with van der Waals surface area (Å²) >= 11 is 18.1. The number of hydrogen-bond acceptors (Lipinski definition) is 3. The first-order valence-corrected chi connectivity index (χ1v) is 22.4. The highest BCUT2D eigenvalue weighted by Gasteiger charge is 2.48. The molecule has 3 nitrogen and oxygen atoms in total. The molecule has 33 heavy (non-hydrogen) atoms. The van der Waals surface area contributed by atoms with E-state index in [1.807, 2.05) is 0 Å². The van der Waals surface area contributed by atoms with Gasteiger partial charge in [0, 0.05) is 6.61 Å². The molecule has 0 saturated carbocycles. The topological polar surface area (TPSA) is 27.7 Å². The van der Waals surface area contributed by atoms with Crippen LogP contribution in [-0.4, -0.2) is 48.6 Å². The van der Waals surface area contributed by atoms with Crippen LogP contribution in [-0.2, 0) is 13.6 Å². The van der Waals surface area contributed by atoms with Gasteiger partial charge in [-0.3, -0.25) is 0 Å². The number of hydrogen-bond donors (Lipinski definition) is 0. The van der Waals surface area contributed by atoms with Crippen molar-refractivity contribution in [2.75, 3.05) is 19.8 Å². The van der Waals surface area contributed by atoms with E-state index in [2.05, 4.69) is 83.1 Å². The van der Waals surface area contributed by atoms with Crippen LogP contribution in [0.3, 0.4) is 0 Å². The van der Waals surface area contributed by atoms with Crippen LogP contribution in [0.25, 0.3) is 0 Å². The number of ether oxygens (including phenoxy) is 1. The molecule has 0 radical (unpaired) electrons. The molecule has 0 rings (SSSR count). The van der Waals surface area contributed by atoms with E-state index in [9.17, 15) is 0 Å². The van der Waals surface area contributed by atoms with Crippen molar-refractivity contribution in [3.05, 3.63) is 0 Å². The lowest BCUT2D eigenvalue weighted by atomic mass is 10.4. The summed E-state index contributed by atoms with van der Waals surface area (Å²) in [6.07, 6.45) is 0.692. The minimum atomic E-state index is -2.60. The Morgan fingerprint density at radius 2 is 0.970 bits per heavy atom. The second-order valence-corrected chi connectivity index (χ2v) is 31.6. The average Bonchev–Trinajstić information content (AvgIpc) is 2.62. The van der Waals surface area contributed by atoms with Gasteiger partial charge in [0.15, 0.2) is 8.32 Å². The Balaban J connectivity index is 5.73. The summed E-state index contributed by atoms with van der Waals surface area (Å²) in [5, 5.41) is 0. The molecule has 0 aromatic carbocycles. The van der Waals surface area contributed by atoms with Crippen molar-refractivity contribution in [1.82, 2.24) is 0 Å². The lowest BCUT2D eigenvalue weighted by molar-refractivity contribution is 0.0131. The first kappa shape index (κ1) is 34.4. The molecule has 0 aliphatic rings. The fourth-order valence-corrected chi connectivity index (χ4v) is 18.9. The Labute approximate surface area is 223 Å². The second kappa shape index (κ2) is 15.0. The lowest BCUT2D eigenvalue weighted by Crippen LogP contribution is -2.54. The quantitative estimate of drug-likeness (QED) is 0.0974. The van der Waals surface area contributed by atoms with Crippen molar-refractivity contribution >= 4 is 55.9 Å². The van der Waals surface area contributed by atoms with Gasteiger partial charge < -0.3 is 13.6 Å². The van der Waals surface area contributed by atoms with Gasteiger partial charge in [0.1, 0.15) is 0 Å². The van der Waals surface area contributed by atoms with E-state index >= 15 is 0 Å². The predicted octanol–water partition coefficient (Wildman–Crippen LogP) is 9.80. The van der Waals surface area contributed by atoms with Gasteiger partial charge in [-0.05, 0) is 45.7 Å². The van der Waals surface area contributed by atoms with E-state index in [-0.39, 0.29) is 6.10 Å². The van der Waals surface area contributed by atoms with E-state index < -0.39 is 22.6 Å². The molecule has 0 aliphatic carbocycles. The Morgan fingerprint density at radius 3 is 1.30 bits per heavy atom. The first-order valence-electron chi connectivity index (χ1n) is 12.9. The average molecular weight is 580 g/mol. The zero-order valence-corrected chi connectivity index (χ0v) is 28.7. The molecular weight excluding hydrogens is 527 g/mol. The fraction of sp³-hybridized carbons (Fsp3) is 1.00. The molecule has 0 amide bonds. The van der Waals surface area contributed by atoms with Gasteiger partial charge >= 0.3 is 6.00 Å². The molecule has 0 N–H and O–H groups in total. The van der Waals surface area contributed by atoms with E-state index in [1.54, 1.807) is 0 Å². The Kier molecular flexibility index (Phi) is 15.6. The monoisotopic (exact) mass is 578 g/mol. The molecule has 1 unspecified atom stereocenters. The summed E-state index contributed by atoms with van der Waals surface area (Å²) in [7, 11) is -4.06. The van der Waals surface area contributed by atoms with Crippen LogP contribution < -0.4 is 0 Å². The van der Waals surface area contributed by atoms with Crippen molar-refractivity contribution in [2.24, 2.45) is 0 Å². The molecule has 0 aliphatic heterocycles. The van der Waals surface area contributed by atoms with Crippen LogP contribution in [0.5, 0.6) is 0 Å². The summed E-state index contributed by atoms with van der Waals surface area (Å²) in [6, 6.07) is -1.98. The molecule has 0 aromatic rings. The minimum absolute atomic E-state index is 0.0722. The maximum atomic E-state index is 7.15. The maximum Gasteiger partial charge on any atom is 0.341 e. The van der Waals surface area contributed by atoms with Crippen molar-refractivity contribution in [3.63, 3.8) is 0 Å². The molecule has 0 bridgehead atoms. The van der Waals surface area contributed by atoms with Gasteiger partial charge in [0.25, 0.3) is 0 Å². The smallest absolute Gasteiger partial charge is 0.341 e. The number of rotatable bonds is 17. The van der Waals surface area contributed by atoms with Crippen molar-refractivity contribution < 1.29 is 13.6 Å². The Bertz CT molecular complexity index is 495. The molecular formula is C24H53Cl3O3Si3. The van der Waals surface area contributed by atoms with E-state index in [1.165, 1.54) is 0 Å². The highest BCUT2D eigenvalue weighted by molar-refractivity contribution is 7.64. The third-order valence-corrected chi connectivity index (χ3v) is 22.2. The molecule has 0 heterocycles. The molecule has 0 aromatic heterocycles. The highest BCUT2D eigenvalue weighted by atomic mass is 35.8. The molecule has 0 fully saturated rings. The van der Waals surface area contributed by atoms with Crippen LogP contribution in [0, 0.1) is 0 Å². The summed E-state index contributed by atoms with van der Waals surface area (Å²) in [6.45, 7) is 29.6. The van der Waals surface area contributed by atoms with Gasteiger partial charge in [-0.2, -0.15) is 0 Å². The molecule has 200 valence electrons. The molecule has 0 saturated heterocycles. The molecule has 9 heteroatoms. The van der Waals surface area contributed by atoms with Crippen LogP contribution in [0.2, 0.25) is 39.3 Å². The van der Waals surface area contributed by atoms with Gasteiger partial charge in [-0.15, -0.1) is 33.2 Å². The van der Waals surface area contributed by atoms with Crippen LogP contribution in [0.1, 0.15) is 89.5 Å². The summed E-state index contributed by atoms with van der Waals surface area (Å²) < 4.78 is 20.2. The highest BCUT2D eigenvalue weighted by Crippen LogP contribution is 2.45. The third kappa shape index (κ3) is 10.00. The fourth-order valence-electron chi connectivity index (χ4n) is 6.14. The van der Waals surface area contributed by atoms with Crippen molar-refractivity contribution in [1.29, 1.82) is 0 Å². The maximum absolute atomic E-state index is 7.15. The SMILES string of the molecule is CC(C)[Si](OCC(COCCC[Si](Cl)(Cl)Cl)O[Si](C(C)C)(C(C)C)C(C)C)(C(C)C)C(C)C. The molecule has 1 atom stereocenters. The first-order chi connectivity index (χ1) is 14.9. The third-order valence-electron chi connectivity index (χ3n) is 7.36. The largest absolute Gasteiger partial charge is 0.413 e. The van der Waals surface area contributed by atoms with Crippen LogP contribution >= 0.6 is 33.2 Å². The molecule has 0 spiro atoms. The van der Waals surface area contributed by atoms with E-state index in [4.69, 9.17) is 46.8 Å². The second-order valence-electron chi connectivity index (χ2n) is 11.5. The Morgan fingerprint density at radius 1 is 0.576 bits per heavy atom. The minimum Gasteiger partial charge on any atom is -0.413 e. The summed E-state index contributed by atoms with van der Waals surface area (Å²) in [5.74, 6) is 0. The Hall–Kier alpha value is 1.40. The normalized spacial score (nSPS) is 15.2. The van der Waals surface area contributed by atoms with E-state index in [0.29, 0.717) is 59.1 Å². The van der Waals surface area contributed by atoms with E-state index in [0.717, 1.165) is 6.42 Å². The summed E-state index contributed by atoms with van der Waals surface area (Å²) in [4.78, 5) is 0. The van der Waals surface area contributed by atoms with Crippen LogP contribution in [0.15, 0.2) is 0 Å². The van der Waals surface area contributed by atoms with Gasteiger partial charge in [0.05, 0.1) is 19.3 Å². The zero-order chi connectivity index (χ0) is 26.2. The van der Waals surface area contributed by atoms with Gasteiger partial charge in [-0.25, -0.2) is 0 Å². The predicted molar refractivity (Wildman–Crippen MR) is 156 cm³/mol. The van der Waals surface area contributed by atoms with Crippen molar-refractivity contribution in [3.8, 4) is 0 Å². The summed E-state index contributed by atoms with van der Waals surface area (Å²) in [5.41, 5.74) is 3.15. The lowest BCUT2D eigenvalue weighted by Gasteiger charge is -2.46. The number of halogens is 3. The van der Waals surface area contributed by atoms with Crippen LogP contribution in [0.4, 0.5) is 0 Å². The zero-order valence-electron chi connectivity index (χ0n) is 23.4. The standard InChI is InChI=1S/C24H53Cl3O3Si3/c1-18(2)32(19(3)4,20(5)6)29-17-24(16-28-14-13-15-31(25,26)27)30-33(21(7)8,22(9)10)23(11)12/h18-24H,13-17H2,1-12H3. The van der Waals surface area contributed by atoms with Gasteiger partial charge in [-0.1, -0.05) is 83.1 Å². The van der Waals surface area contributed by atoms with Gasteiger partial charge in [0.2, 0.25) is 8.32 Å².